The van der Waals surface area contributed by atoms with Crippen LogP contribution in [0, 0.1) is 0 Å². The summed E-state index contributed by atoms with van der Waals surface area (Å²) in [4.78, 5) is 11.9. The number of hydrogen-bond acceptors (Lipinski definition) is 3. The van der Waals surface area contributed by atoms with Crippen LogP contribution in [0.1, 0.15) is 31.3 Å². The molecule has 0 atom stereocenters. The minimum atomic E-state index is -0.437. The number of nitrogens with two attached hydrogens (primary N) is 1. The lowest BCUT2D eigenvalue weighted by Crippen LogP contribution is -2.50. The molecule has 0 saturated carbocycles. The van der Waals surface area contributed by atoms with Crippen molar-refractivity contribution in [1.82, 2.24) is 14.8 Å². The van der Waals surface area contributed by atoms with Crippen LogP contribution in [0.25, 0.3) is 0 Å². The molecule has 0 aliphatic carbocycles. The van der Waals surface area contributed by atoms with Gasteiger partial charge in [0, 0.05) is 13.1 Å². The Labute approximate surface area is 93.8 Å². The molecule has 15 heavy (non-hydrogen) atoms. The second-order valence-electron chi connectivity index (χ2n) is 4.32. The van der Waals surface area contributed by atoms with Crippen LogP contribution in [0.2, 0.25) is 5.15 Å². The molecule has 1 aromatic rings. The van der Waals surface area contributed by atoms with Crippen LogP contribution in [0.15, 0.2) is 6.07 Å². The van der Waals surface area contributed by atoms with Crippen molar-refractivity contribution in [2.24, 2.45) is 12.9 Å². The van der Waals surface area contributed by atoms with Crippen molar-refractivity contribution in [2.45, 2.75) is 26.3 Å². The smallest absolute Gasteiger partial charge is 0.270 e. The number of rotatable bonds is 1. The molecule has 0 bridgehead atoms. The number of nitrogens with zero attached hydrogens (tertiary/aromatic N) is 3. The lowest BCUT2D eigenvalue weighted by molar-refractivity contribution is 0.0570. The minimum absolute atomic E-state index is 0.281. The Morgan fingerprint density at radius 2 is 2.13 bits per heavy atom. The second kappa shape index (κ2) is 3.83. The van der Waals surface area contributed by atoms with Gasteiger partial charge in [0.2, 0.25) is 0 Å². The lowest BCUT2D eigenvalue weighted by Gasteiger charge is -2.30. The zero-order valence-corrected chi connectivity index (χ0v) is 10.0. The third-order valence-electron chi connectivity index (χ3n) is 2.01. The number of hydrogen-bond donors (Lipinski definition) is 1. The summed E-state index contributed by atoms with van der Waals surface area (Å²) >= 11 is 5.69. The van der Waals surface area contributed by atoms with Crippen molar-refractivity contribution >= 4 is 17.5 Å². The number of aromatic nitrogens is 2. The lowest BCUT2D eigenvalue weighted by atomic mass is 10.1. The van der Waals surface area contributed by atoms with E-state index in [1.54, 1.807) is 7.05 Å². The standard InChI is InChI=1S/C9H15ClN4O/c1-9(2,3)14(11)8(15)6-5-7(10)12-13(6)4/h5H,11H2,1-4H3. The molecule has 2 N–H and O–H groups in total. The fourth-order valence-electron chi connectivity index (χ4n) is 1.06. The van der Waals surface area contributed by atoms with Gasteiger partial charge in [-0.25, -0.2) is 5.84 Å². The topological polar surface area (TPSA) is 64.2 Å². The number of aryl methyl sites for hydroxylation is 1. The van der Waals surface area contributed by atoms with E-state index in [0.29, 0.717) is 5.69 Å². The van der Waals surface area contributed by atoms with Crippen LogP contribution in [-0.4, -0.2) is 26.2 Å². The Morgan fingerprint density at radius 3 is 2.47 bits per heavy atom. The summed E-state index contributed by atoms with van der Waals surface area (Å²) in [6.07, 6.45) is 0. The number of amides is 1. The summed E-state index contributed by atoms with van der Waals surface area (Å²) in [5, 5.41) is 5.32. The van der Waals surface area contributed by atoms with E-state index >= 15 is 0 Å². The van der Waals surface area contributed by atoms with Crippen molar-refractivity contribution in [1.29, 1.82) is 0 Å². The minimum Gasteiger partial charge on any atom is -0.270 e. The highest BCUT2D eigenvalue weighted by molar-refractivity contribution is 6.29. The van der Waals surface area contributed by atoms with Crippen molar-refractivity contribution in [2.75, 3.05) is 0 Å². The van der Waals surface area contributed by atoms with E-state index in [4.69, 9.17) is 17.4 Å². The van der Waals surface area contributed by atoms with Crippen molar-refractivity contribution in [3.8, 4) is 0 Å². The van der Waals surface area contributed by atoms with Crippen molar-refractivity contribution in [3.05, 3.63) is 16.9 Å². The molecule has 1 amide bonds. The summed E-state index contributed by atoms with van der Waals surface area (Å²) in [5.41, 5.74) is -0.0641. The SMILES string of the molecule is Cn1nc(Cl)cc1C(=O)N(N)C(C)(C)C. The highest BCUT2D eigenvalue weighted by atomic mass is 35.5. The van der Waals surface area contributed by atoms with Gasteiger partial charge in [-0.15, -0.1) is 0 Å². The quantitative estimate of drug-likeness (QED) is 0.448. The molecule has 1 heterocycles. The Bertz CT molecular complexity index is 380. The molecule has 0 aliphatic heterocycles. The van der Waals surface area contributed by atoms with E-state index in [1.165, 1.54) is 15.8 Å². The predicted octanol–water partition coefficient (Wildman–Crippen LogP) is 1.19. The molecule has 1 rings (SSSR count). The Morgan fingerprint density at radius 1 is 1.60 bits per heavy atom. The maximum atomic E-state index is 11.9. The second-order valence-corrected chi connectivity index (χ2v) is 4.71. The molecule has 0 aliphatic rings. The van der Waals surface area contributed by atoms with Crippen LogP contribution in [0.5, 0.6) is 0 Å². The summed E-state index contributed by atoms with van der Waals surface area (Å²) in [5.74, 6) is 5.40. The van der Waals surface area contributed by atoms with Crippen molar-refractivity contribution < 1.29 is 4.79 Å². The molecule has 1 aromatic heterocycles. The van der Waals surface area contributed by atoms with Crippen molar-refractivity contribution in [3.63, 3.8) is 0 Å². The van der Waals surface area contributed by atoms with E-state index < -0.39 is 5.54 Å². The monoisotopic (exact) mass is 230 g/mol. The van der Waals surface area contributed by atoms with Gasteiger partial charge in [0.05, 0.1) is 5.54 Å². The highest BCUT2D eigenvalue weighted by Crippen LogP contribution is 2.15. The molecule has 0 radical (unpaired) electrons. The Balaban J connectivity index is 3.00. The van der Waals surface area contributed by atoms with Gasteiger partial charge in [-0.1, -0.05) is 11.6 Å². The van der Waals surface area contributed by atoms with E-state index in [9.17, 15) is 4.79 Å². The van der Waals surface area contributed by atoms with Crippen LogP contribution in [-0.2, 0) is 7.05 Å². The fraction of sp³-hybridized carbons (Fsp3) is 0.556. The van der Waals surface area contributed by atoms with E-state index in [-0.39, 0.29) is 11.1 Å². The number of hydrazine groups is 1. The number of carbonyl (C=O) groups excluding carboxylic acids is 1. The Hall–Kier alpha value is -1.07. The molecular formula is C9H15ClN4O. The highest BCUT2D eigenvalue weighted by Gasteiger charge is 2.26. The first-order valence-electron chi connectivity index (χ1n) is 4.52. The van der Waals surface area contributed by atoms with Crippen LogP contribution < -0.4 is 5.84 Å². The molecular weight excluding hydrogens is 216 g/mol. The summed E-state index contributed by atoms with van der Waals surface area (Å²) in [6, 6.07) is 1.50. The van der Waals surface area contributed by atoms with Gasteiger partial charge in [0.25, 0.3) is 5.91 Å². The molecule has 0 saturated heterocycles. The largest absolute Gasteiger partial charge is 0.286 e. The van der Waals surface area contributed by atoms with Gasteiger partial charge < -0.3 is 0 Å². The summed E-state index contributed by atoms with van der Waals surface area (Å²) in [7, 11) is 1.65. The maximum absolute atomic E-state index is 11.9. The van der Waals surface area contributed by atoms with E-state index in [1.807, 2.05) is 20.8 Å². The van der Waals surface area contributed by atoms with Gasteiger partial charge in [0.15, 0.2) is 5.15 Å². The third kappa shape index (κ3) is 2.49. The first-order chi connectivity index (χ1) is 6.73. The number of halogens is 1. The van der Waals surface area contributed by atoms with Gasteiger partial charge in [-0.3, -0.25) is 14.5 Å². The zero-order valence-electron chi connectivity index (χ0n) is 9.28. The molecule has 0 aromatic carbocycles. The molecule has 0 fully saturated rings. The molecule has 84 valence electrons. The van der Waals surface area contributed by atoms with Gasteiger partial charge in [0.1, 0.15) is 5.69 Å². The van der Waals surface area contributed by atoms with E-state index in [2.05, 4.69) is 5.10 Å². The fourth-order valence-corrected chi connectivity index (χ4v) is 1.28. The first-order valence-corrected chi connectivity index (χ1v) is 4.90. The molecule has 0 spiro atoms. The van der Waals surface area contributed by atoms with Crippen LogP contribution in [0.3, 0.4) is 0 Å². The normalized spacial score (nSPS) is 11.6. The first kappa shape index (κ1) is 12.0. The summed E-state index contributed by atoms with van der Waals surface area (Å²) < 4.78 is 1.41. The molecule has 6 heteroatoms. The maximum Gasteiger partial charge on any atom is 0.286 e. The predicted molar refractivity (Wildman–Crippen MR) is 58.3 cm³/mol. The average Bonchev–Trinajstić information content (AvgIpc) is 2.41. The summed E-state index contributed by atoms with van der Waals surface area (Å²) in [6.45, 7) is 5.55. The van der Waals surface area contributed by atoms with Crippen LogP contribution in [0.4, 0.5) is 0 Å². The molecule has 5 nitrogen and oxygen atoms in total. The molecule has 0 unspecified atom stereocenters. The Kier molecular flexibility index (Phi) is 3.06. The number of carbonyl (C=O) groups is 1. The van der Waals surface area contributed by atoms with Gasteiger partial charge >= 0.3 is 0 Å². The van der Waals surface area contributed by atoms with Gasteiger partial charge in [-0.2, -0.15) is 5.10 Å². The van der Waals surface area contributed by atoms with E-state index in [0.717, 1.165) is 0 Å². The average molecular weight is 231 g/mol. The van der Waals surface area contributed by atoms with Crippen LogP contribution >= 0.6 is 11.6 Å². The zero-order chi connectivity index (χ0) is 11.8. The third-order valence-corrected chi connectivity index (χ3v) is 2.20. The van der Waals surface area contributed by atoms with Gasteiger partial charge in [-0.05, 0) is 20.8 Å².